The van der Waals surface area contributed by atoms with Crippen molar-refractivity contribution in [3.8, 4) is 11.5 Å². The number of allylic oxidation sites excluding steroid dienone is 2. The minimum Gasteiger partial charge on any atom is -0.494 e. The van der Waals surface area contributed by atoms with Gasteiger partial charge in [-0.1, -0.05) is 88.8 Å². The van der Waals surface area contributed by atoms with Gasteiger partial charge in [-0.05, 0) is 60.4 Å². The van der Waals surface area contributed by atoms with Crippen molar-refractivity contribution in [3.63, 3.8) is 0 Å². The van der Waals surface area contributed by atoms with Crippen molar-refractivity contribution in [3.05, 3.63) is 71.8 Å². The Labute approximate surface area is 194 Å². The zero-order valence-electron chi connectivity index (χ0n) is 19.7. The van der Waals surface area contributed by atoms with Gasteiger partial charge in [-0.15, -0.1) is 0 Å². The van der Waals surface area contributed by atoms with E-state index in [1.54, 1.807) is 12.2 Å². The van der Waals surface area contributed by atoms with Gasteiger partial charge in [-0.3, -0.25) is 4.79 Å². The number of ketones is 1. The number of hydrogen-bond acceptors (Lipinski definition) is 3. The van der Waals surface area contributed by atoms with Crippen molar-refractivity contribution in [2.45, 2.75) is 65.2 Å². The number of unbranched alkanes of at least 4 members (excludes halogenated alkanes) is 6. The van der Waals surface area contributed by atoms with Gasteiger partial charge in [0.2, 0.25) is 0 Å². The first-order valence-corrected chi connectivity index (χ1v) is 12.1. The summed E-state index contributed by atoms with van der Waals surface area (Å²) < 4.78 is 11.5. The Morgan fingerprint density at radius 2 is 1.03 bits per heavy atom. The van der Waals surface area contributed by atoms with Gasteiger partial charge in [-0.2, -0.15) is 0 Å². The smallest absolute Gasteiger partial charge is 0.178 e. The quantitative estimate of drug-likeness (QED) is 0.199. The van der Waals surface area contributed by atoms with Crippen LogP contribution in [-0.2, 0) is 4.79 Å². The lowest BCUT2D eigenvalue weighted by atomic mass is 10.1. The Morgan fingerprint density at radius 1 is 0.625 bits per heavy atom. The zero-order chi connectivity index (χ0) is 22.9. The van der Waals surface area contributed by atoms with Crippen LogP contribution in [0.3, 0.4) is 0 Å². The number of carbonyl (C=O) groups is 1. The summed E-state index contributed by atoms with van der Waals surface area (Å²) in [6.45, 7) is 5.92. The molecule has 0 N–H and O–H groups in total. The van der Waals surface area contributed by atoms with E-state index in [-0.39, 0.29) is 5.78 Å². The molecule has 0 unspecified atom stereocenters. The molecular weight excluding hydrogens is 396 g/mol. The fraction of sp³-hybridized carbons (Fsp3) is 0.414. The van der Waals surface area contributed by atoms with Crippen molar-refractivity contribution in [2.75, 3.05) is 13.2 Å². The molecule has 0 fully saturated rings. The van der Waals surface area contributed by atoms with Crippen LogP contribution >= 0.6 is 0 Å². The summed E-state index contributed by atoms with van der Waals surface area (Å²) in [6.07, 6.45) is 16.4. The highest BCUT2D eigenvalue weighted by Crippen LogP contribution is 2.15. The van der Waals surface area contributed by atoms with Crippen LogP contribution in [-0.4, -0.2) is 19.0 Å². The minimum absolute atomic E-state index is 0.0440. The summed E-state index contributed by atoms with van der Waals surface area (Å²) in [6, 6.07) is 15.7. The van der Waals surface area contributed by atoms with Crippen LogP contribution in [0, 0.1) is 0 Å². The molecule has 32 heavy (non-hydrogen) atoms. The first-order chi connectivity index (χ1) is 15.7. The van der Waals surface area contributed by atoms with Crippen LogP contribution in [0.4, 0.5) is 0 Å². The van der Waals surface area contributed by atoms with E-state index in [0.29, 0.717) is 0 Å². The van der Waals surface area contributed by atoms with E-state index >= 15 is 0 Å². The average molecular weight is 435 g/mol. The molecule has 0 spiro atoms. The second-order valence-corrected chi connectivity index (χ2v) is 8.03. The molecule has 0 radical (unpaired) electrons. The topological polar surface area (TPSA) is 35.5 Å². The van der Waals surface area contributed by atoms with Gasteiger partial charge >= 0.3 is 0 Å². The van der Waals surface area contributed by atoms with Crippen LogP contribution in [0.2, 0.25) is 0 Å². The van der Waals surface area contributed by atoms with Crippen LogP contribution in [0.25, 0.3) is 12.2 Å². The van der Waals surface area contributed by atoms with Crippen molar-refractivity contribution in [1.29, 1.82) is 0 Å². The second kappa shape index (κ2) is 15.9. The Morgan fingerprint density at radius 3 is 1.41 bits per heavy atom. The molecule has 2 aromatic carbocycles. The predicted octanol–water partition coefficient (Wildman–Crippen LogP) is 7.90. The van der Waals surface area contributed by atoms with Gasteiger partial charge in [0.15, 0.2) is 5.78 Å². The van der Waals surface area contributed by atoms with Gasteiger partial charge in [0, 0.05) is 0 Å². The summed E-state index contributed by atoms with van der Waals surface area (Å²) in [5.74, 6) is 1.70. The molecule has 0 aliphatic rings. The third-order valence-corrected chi connectivity index (χ3v) is 5.17. The van der Waals surface area contributed by atoms with Crippen molar-refractivity contribution in [2.24, 2.45) is 0 Å². The number of ether oxygens (including phenoxy) is 2. The maximum Gasteiger partial charge on any atom is 0.178 e. The first kappa shape index (κ1) is 25.5. The highest BCUT2D eigenvalue weighted by Gasteiger charge is 1.97. The molecule has 0 aliphatic heterocycles. The molecular formula is C29H38O3. The average Bonchev–Trinajstić information content (AvgIpc) is 2.82. The normalized spacial score (nSPS) is 11.3. The standard InChI is InChI=1S/C29H38O3/c1-3-5-7-9-23-31-28-19-13-25(14-20-28)11-17-27(30)18-12-26-15-21-29(22-16-26)32-24-10-8-6-4-2/h11-22H,3-10,23-24H2,1-2H3/b17-11+,18-12+. The third kappa shape index (κ3) is 11.0. The molecule has 0 saturated heterocycles. The molecule has 0 aromatic heterocycles. The molecule has 0 atom stereocenters. The maximum atomic E-state index is 12.2. The van der Waals surface area contributed by atoms with Gasteiger partial charge in [-0.25, -0.2) is 0 Å². The van der Waals surface area contributed by atoms with Crippen LogP contribution in [0.1, 0.15) is 76.3 Å². The molecule has 0 saturated carbocycles. The lowest BCUT2D eigenvalue weighted by Crippen LogP contribution is -1.97. The van der Waals surface area contributed by atoms with E-state index < -0.39 is 0 Å². The van der Waals surface area contributed by atoms with E-state index in [1.807, 2.05) is 60.7 Å². The zero-order valence-corrected chi connectivity index (χ0v) is 19.7. The molecule has 0 aliphatic carbocycles. The number of carbonyl (C=O) groups excluding carboxylic acids is 1. The Bertz CT molecular complexity index is 747. The Hall–Kier alpha value is -2.81. The van der Waals surface area contributed by atoms with Crippen LogP contribution < -0.4 is 9.47 Å². The lowest BCUT2D eigenvalue weighted by Gasteiger charge is -2.06. The summed E-state index contributed by atoms with van der Waals surface area (Å²) in [5.41, 5.74) is 1.95. The molecule has 172 valence electrons. The predicted molar refractivity (Wildman–Crippen MR) is 135 cm³/mol. The molecule has 3 heteroatoms. The van der Waals surface area contributed by atoms with Crippen molar-refractivity contribution in [1.82, 2.24) is 0 Å². The Kier molecular flexibility index (Phi) is 12.7. The largest absolute Gasteiger partial charge is 0.494 e. The summed E-state index contributed by atoms with van der Waals surface area (Å²) in [7, 11) is 0. The van der Waals surface area contributed by atoms with Gasteiger partial charge in [0.1, 0.15) is 11.5 Å². The van der Waals surface area contributed by atoms with Gasteiger partial charge in [0.25, 0.3) is 0 Å². The van der Waals surface area contributed by atoms with Gasteiger partial charge in [0.05, 0.1) is 13.2 Å². The van der Waals surface area contributed by atoms with E-state index in [1.165, 1.54) is 38.5 Å². The van der Waals surface area contributed by atoms with E-state index in [2.05, 4.69) is 13.8 Å². The first-order valence-electron chi connectivity index (χ1n) is 12.1. The van der Waals surface area contributed by atoms with E-state index in [0.717, 1.165) is 48.7 Å². The molecule has 0 bridgehead atoms. The second-order valence-electron chi connectivity index (χ2n) is 8.03. The molecule has 0 heterocycles. The van der Waals surface area contributed by atoms with E-state index in [9.17, 15) is 4.79 Å². The minimum atomic E-state index is -0.0440. The monoisotopic (exact) mass is 434 g/mol. The summed E-state index contributed by atoms with van der Waals surface area (Å²) in [4.78, 5) is 12.2. The van der Waals surface area contributed by atoms with Gasteiger partial charge < -0.3 is 9.47 Å². The number of hydrogen-bond donors (Lipinski definition) is 0. The SMILES string of the molecule is CCCCCCOc1ccc(/C=C/C(=O)/C=C/c2ccc(OCCCCCC)cc2)cc1. The van der Waals surface area contributed by atoms with E-state index in [4.69, 9.17) is 9.47 Å². The van der Waals surface area contributed by atoms with Crippen molar-refractivity contribution >= 4 is 17.9 Å². The summed E-state index contributed by atoms with van der Waals surface area (Å²) in [5, 5.41) is 0. The number of benzene rings is 2. The molecule has 2 rings (SSSR count). The lowest BCUT2D eigenvalue weighted by molar-refractivity contribution is -0.110. The Balaban J connectivity index is 1.73. The third-order valence-electron chi connectivity index (χ3n) is 5.17. The summed E-state index contributed by atoms with van der Waals surface area (Å²) >= 11 is 0. The highest BCUT2D eigenvalue weighted by molar-refractivity contribution is 6.04. The fourth-order valence-electron chi connectivity index (χ4n) is 3.20. The number of rotatable bonds is 16. The van der Waals surface area contributed by atoms with Crippen LogP contribution in [0.5, 0.6) is 11.5 Å². The maximum absolute atomic E-state index is 12.2. The van der Waals surface area contributed by atoms with Crippen LogP contribution in [0.15, 0.2) is 60.7 Å². The molecule has 3 nitrogen and oxygen atoms in total. The fourth-order valence-corrected chi connectivity index (χ4v) is 3.20. The molecule has 2 aromatic rings. The van der Waals surface area contributed by atoms with Crippen molar-refractivity contribution < 1.29 is 14.3 Å². The highest BCUT2D eigenvalue weighted by atomic mass is 16.5. The molecule has 0 amide bonds.